The van der Waals surface area contributed by atoms with E-state index in [2.05, 4.69) is 25.9 Å². The second-order valence-electron chi connectivity index (χ2n) is 4.16. The number of urea groups is 1. The van der Waals surface area contributed by atoms with Crippen molar-refractivity contribution in [1.29, 1.82) is 0 Å². The first-order valence-corrected chi connectivity index (χ1v) is 6.39. The average Bonchev–Trinajstić information content (AvgIpc) is 2.49. The molecular formula is C14H15N5O2. The lowest BCUT2D eigenvalue weighted by atomic mass is 10.3. The first-order valence-electron chi connectivity index (χ1n) is 6.39. The first-order chi connectivity index (χ1) is 10.2. The van der Waals surface area contributed by atoms with E-state index < -0.39 is 0 Å². The smallest absolute Gasteiger partial charge is 0.319 e. The highest BCUT2D eigenvalue weighted by atomic mass is 16.2. The Labute approximate surface area is 121 Å². The van der Waals surface area contributed by atoms with Crippen molar-refractivity contribution in [1.82, 2.24) is 15.3 Å². The highest BCUT2D eigenvalue weighted by Crippen LogP contribution is 2.04. The predicted octanol–water partition coefficient (Wildman–Crippen LogP) is 1.63. The third-order valence-corrected chi connectivity index (χ3v) is 2.52. The zero-order valence-corrected chi connectivity index (χ0v) is 11.2. The summed E-state index contributed by atoms with van der Waals surface area (Å²) < 4.78 is 0. The van der Waals surface area contributed by atoms with E-state index >= 15 is 0 Å². The molecule has 0 aliphatic heterocycles. The quantitative estimate of drug-likeness (QED) is 0.778. The van der Waals surface area contributed by atoms with Crippen LogP contribution in [0, 0.1) is 0 Å². The SMILES string of the molecule is O=C(CCNC(=O)Nc1cccnc1)Nc1ccncc1. The fraction of sp³-hybridized carbons (Fsp3) is 0.143. The molecule has 3 amide bonds. The Bertz CT molecular complexity index is 535. The Kier molecular flexibility index (Phi) is 5.22. The van der Waals surface area contributed by atoms with Crippen LogP contribution >= 0.6 is 0 Å². The minimum Gasteiger partial charge on any atom is -0.337 e. The number of pyridine rings is 2. The summed E-state index contributed by atoms with van der Waals surface area (Å²) in [6.45, 7) is 0.239. The molecule has 0 bridgehead atoms. The van der Waals surface area contributed by atoms with Gasteiger partial charge in [0, 0.05) is 37.2 Å². The Hall–Kier alpha value is -2.96. The molecular weight excluding hydrogens is 270 g/mol. The second-order valence-corrected chi connectivity index (χ2v) is 4.16. The van der Waals surface area contributed by atoms with E-state index in [-0.39, 0.29) is 24.9 Å². The molecule has 2 aromatic rings. The Balaban J connectivity index is 1.67. The summed E-state index contributed by atoms with van der Waals surface area (Å²) in [4.78, 5) is 30.9. The van der Waals surface area contributed by atoms with Gasteiger partial charge in [-0.2, -0.15) is 0 Å². The van der Waals surface area contributed by atoms with Gasteiger partial charge in [-0.15, -0.1) is 0 Å². The zero-order chi connectivity index (χ0) is 14.9. The van der Waals surface area contributed by atoms with Gasteiger partial charge in [-0.25, -0.2) is 4.79 Å². The van der Waals surface area contributed by atoms with Crippen LogP contribution in [0.1, 0.15) is 6.42 Å². The van der Waals surface area contributed by atoms with E-state index in [0.717, 1.165) is 0 Å². The predicted molar refractivity (Wildman–Crippen MR) is 78.7 cm³/mol. The lowest BCUT2D eigenvalue weighted by Gasteiger charge is -2.07. The highest BCUT2D eigenvalue weighted by molar-refractivity contribution is 5.92. The largest absolute Gasteiger partial charge is 0.337 e. The van der Waals surface area contributed by atoms with E-state index in [4.69, 9.17) is 0 Å². The van der Waals surface area contributed by atoms with Crippen LogP contribution < -0.4 is 16.0 Å². The number of amides is 3. The van der Waals surface area contributed by atoms with Crippen molar-refractivity contribution in [3.63, 3.8) is 0 Å². The van der Waals surface area contributed by atoms with Gasteiger partial charge in [-0.05, 0) is 24.3 Å². The minimum atomic E-state index is -0.375. The Morgan fingerprint density at radius 3 is 2.48 bits per heavy atom. The topological polar surface area (TPSA) is 96.0 Å². The number of carbonyl (C=O) groups excluding carboxylic acids is 2. The number of carbonyl (C=O) groups is 2. The van der Waals surface area contributed by atoms with E-state index in [1.807, 2.05) is 0 Å². The summed E-state index contributed by atoms with van der Waals surface area (Å²) in [7, 11) is 0. The molecule has 0 saturated carbocycles. The van der Waals surface area contributed by atoms with E-state index in [1.165, 1.54) is 6.20 Å². The van der Waals surface area contributed by atoms with Crippen molar-refractivity contribution < 1.29 is 9.59 Å². The molecule has 108 valence electrons. The van der Waals surface area contributed by atoms with Crippen LogP contribution in [0.3, 0.4) is 0 Å². The molecule has 0 aromatic carbocycles. The standard InChI is InChI=1S/C14H15N5O2/c20-13(18-11-3-7-15-8-4-11)5-9-17-14(21)19-12-2-1-6-16-10-12/h1-4,6-8,10H,5,9H2,(H,15,18,20)(H2,17,19,21). The van der Waals surface area contributed by atoms with Crippen molar-refractivity contribution in [3.05, 3.63) is 49.1 Å². The fourth-order valence-corrected chi connectivity index (χ4v) is 1.56. The molecule has 3 N–H and O–H groups in total. The molecule has 21 heavy (non-hydrogen) atoms. The number of rotatable bonds is 5. The van der Waals surface area contributed by atoms with Crippen LogP contribution in [0.5, 0.6) is 0 Å². The van der Waals surface area contributed by atoms with Gasteiger partial charge >= 0.3 is 6.03 Å². The van der Waals surface area contributed by atoms with Crippen molar-refractivity contribution in [2.24, 2.45) is 0 Å². The summed E-state index contributed by atoms with van der Waals surface area (Å²) in [5, 5.41) is 7.91. The van der Waals surface area contributed by atoms with E-state index in [9.17, 15) is 9.59 Å². The maximum atomic E-state index is 11.6. The normalized spacial score (nSPS) is 9.71. The van der Waals surface area contributed by atoms with E-state index in [1.54, 1.807) is 42.9 Å². The van der Waals surface area contributed by atoms with Gasteiger partial charge in [-0.3, -0.25) is 14.8 Å². The number of nitrogens with zero attached hydrogens (tertiary/aromatic N) is 2. The summed E-state index contributed by atoms with van der Waals surface area (Å²) in [6.07, 6.45) is 6.52. The van der Waals surface area contributed by atoms with Gasteiger partial charge in [0.1, 0.15) is 0 Å². The molecule has 2 aromatic heterocycles. The van der Waals surface area contributed by atoms with Gasteiger partial charge in [0.25, 0.3) is 0 Å². The lowest BCUT2D eigenvalue weighted by molar-refractivity contribution is -0.116. The number of hydrogen-bond donors (Lipinski definition) is 3. The van der Waals surface area contributed by atoms with Crippen molar-refractivity contribution in [2.75, 3.05) is 17.2 Å². The number of nitrogens with one attached hydrogen (secondary N) is 3. The van der Waals surface area contributed by atoms with Gasteiger partial charge in [0.05, 0.1) is 11.9 Å². The zero-order valence-electron chi connectivity index (χ0n) is 11.2. The molecule has 2 heterocycles. The lowest BCUT2D eigenvalue weighted by Crippen LogP contribution is -2.31. The summed E-state index contributed by atoms with van der Waals surface area (Å²) in [5.41, 5.74) is 1.27. The molecule has 0 unspecified atom stereocenters. The van der Waals surface area contributed by atoms with Crippen molar-refractivity contribution >= 4 is 23.3 Å². The second kappa shape index (κ2) is 7.59. The molecule has 0 aliphatic carbocycles. The highest BCUT2D eigenvalue weighted by Gasteiger charge is 2.04. The van der Waals surface area contributed by atoms with Crippen molar-refractivity contribution in [3.8, 4) is 0 Å². The van der Waals surface area contributed by atoms with Crippen LogP contribution in [-0.4, -0.2) is 28.5 Å². The number of aromatic nitrogens is 2. The monoisotopic (exact) mass is 285 g/mol. The van der Waals surface area contributed by atoms with Crippen LogP contribution in [0.15, 0.2) is 49.1 Å². The summed E-state index contributed by atoms with van der Waals surface area (Å²) in [6, 6.07) is 6.46. The van der Waals surface area contributed by atoms with Crippen LogP contribution in [0.4, 0.5) is 16.2 Å². The molecule has 7 heteroatoms. The number of anilines is 2. The maximum Gasteiger partial charge on any atom is 0.319 e. The molecule has 0 atom stereocenters. The molecule has 0 spiro atoms. The van der Waals surface area contributed by atoms with Crippen molar-refractivity contribution in [2.45, 2.75) is 6.42 Å². The number of hydrogen-bond acceptors (Lipinski definition) is 4. The van der Waals surface area contributed by atoms with Gasteiger partial charge < -0.3 is 16.0 Å². The average molecular weight is 285 g/mol. The molecule has 7 nitrogen and oxygen atoms in total. The fourth-order valence-electron chi connectivity index (χ4n) is 1.56. The molecule has 0 fully saturated rings. The summed E-state index contributed by atoms with van der Waals surface area (Å²) in [5.74, 6) is -0.178. The Morgan fingerprint density at radius 2 is 1.76 bits per heavy atom. The van der Waals surface area contributed by atoms with Gasteiger partial charge in [-0.1, -0.05) is 0 Å². The summed E-state index contributed by atoms with van der Waals surface area (Å²) >= 11 is 0. The molecule has 0 saturated heterocycles. The van der Waals surface area contributed by atoms with Crippen LogP contribution in [0.25, 0.3) is 0 Å². The Morgan fingerprint density at radius 1 is 0.952 bits per heavy atom. The first kappa shape index (κ1) is 14.4. The maximum absolute atomic E-state index is 11.6. The third kappa shape index (κ3) is 5.27. The minimum absolute atomic E-state index is 0.178. The molecule has 0 radical (unpaired) electrons. The molecule has 2 rings (SSSR count). The van der Waals surface area contributed by atoms with Crippen LogP contribution in [0.2, 0.25) is 0 Å². The van der Waals surface area contributed by atoms with Crippen LogP contribution in [-0.2, 0) is 4.79 Å². The van der Waals surface area contributed by atoms with Gasteiger partial charge in [0.2, 0.25) is 5.91 Å². The van der Waals surface area contributed by atoms with Gasteiger partial charge in [0.15, 0.2) is 0 Å². The molecule has 0 aliphatic rings. The third-order valence-electron chi connectivity index (χ3n) is 2.52. The van der Waals surface area contributed by atoms with E-state index in [0.29, 0.717) is 11.4 Å².